The highest BCUT2D eigenvalue weighted by molar-refractivity contribution is 7.15. The van der Waals surface area contributed by atoms with Gasteiger partial charge in [0.2, 0.25) is 5.91 Å². The van der Waals surface area contributed by atoms with E-state index in [1.54, 1.807) is 13.2 Å². The third-order valence-electron chi connectivity index (χ3n) is 2.21. The molecule has 0 fully saturated rings. The van der Waals surface area contributed by atoms with Crippen LogP contribution < -0.4 is 10.6 Å². The van der Waals surface area contributed by atoms with E-state index in [-0.39, 0.29) is 5.91 Å². The number of nitrogens with one attached hydrogen (secondary N) is 2. The highest BCUT2D eigenvalue weighted by atomic mass is 35.5. The van der Waals surface area contributed by atoms with Crippen molar-refractivity contribution in [2.45, 2.75) is 20.4 Å². The third-order valence-corrected chi connectivity index (χ3v) is 3.33. The fraction of sp³-hybridized carbons (Fsp3) is 0.600. The number of carbonyl (C=O) groups is 1. The summed E-state index contributed by atoms with van der Waals surface area (Å²) in [5.41, 5.74) is -0.421. The Labute approximate surface area is 104 Å². The first-order chi connectivity index (χ1) is 7.45. The number of hydrogen-bond donors (Lipinski definition) is 2. The van der Waals surface area contributed by atoms with Crippen molar-refractivity contribution in [1.82, 2.24) is 15.6 Å². The molecule has 16 heavy (non-hydrogen) atoms. The number of aromatic nitrogens is 1. The van der Waals surface area contributed by atoms with Crippen molar-refractivity contribution in [2.24, 2.45) is 5.41 Å². The molecule has 0 aromatic carbocycles. The van der Waals surface area contributed by atoms with Gasteiger partial charge in [0.15, 0.2) is 0 Å². The number of halogens is 1. The maximum atomic E-state index is 11.5. The summed E-state index contributed by atoms with van der Waals surface area (Å²) >= 11 is 7.21. The molecule has 0 saturated heterocycles. The summed E-state index contributed by atoms with van der Waals surface area (Å²) in [6, 6.07) is 0. The molecule has 1 rings (SSSR count). The van der Waals surface area contributed by atoms with Gasteiger partial charge in [0.1, 0.15) is 9.34 Å². The molecular formula is C10H16ClN3OS. The quantitative estimate of drug-likeness (QED) is 0.848. The van der Waals surface area contributed by atoms with Gasteiger partial charge in [-0.1, -0.05) is 11.6 Å². The number of amides is 1. The van der Waals surface area contributed by atoms with Gasteiger partial charge < -0.3 is 10.6 Å². The van der Waals surface area contributed by atoms with E-state index in [2.05, 4.69) is 15.6 Å². The van der Waals surface area contributed by atoms with Crippen molar-refractivity contribution < 1.29 is 4.79 Å². The van der Waals surface area contributed by atoms with Gasteiger partial charge in [-0.25, -0.2) is 4.98 Å². The van der Waals surface area contributed by atoms with Crippen LogP contribution in [0.5, 0.6) is 0 Å². The van der Waals surface area contributed by atoms with E-state index >= 15 is 0 Å². The summed E-state index contributed by atoms with van der Waals surface area (Å²) in [5.74, 6) is 0.0252. The number of rotatable bonds is 5. The Balaban J connectivity index is 2.38. The molecule has 0 unspecified atom stereocenters. The predicted molar refractivity (Wildman–Crippen MR) is 66.7 cm³/mol. The van der Waals surface area contributed by atoms with Gasteiger partial charge in [-0.15, -0.1) is 11.3 Å². The van der Waals surface area contributed by atoms with Crippen LogP contribution in [0.25, 0.3) is 0 Å². The second-order valence-corrected chi connectivity index (χ2v) is 5.87. The smallest absolute Gasteiger partial charge is 0.226 e. The van der Waals surface area contributed by atoms with Crippen LogP contribution in [0.2, 0.25) is 4.34 Å². The van der Waals surface area contributed by atoms with E-state index in [4.69, 9.17) is 11.6 Å². The lowest BCUT2D eigenvalue weighted by atomic mass is 9.92. The van der Waals surface area contributed by atoms with Crippen LogP contribution in [-0.2, 0) is 11.3 Å². The van der Waals surface area contributed by atoms with Gasteiger partial charge in [0.05, 0.1) is 11.6 Å². The monoisotopic (exact) mass is 261 g/mol. The zero-order valence-corrected chi connectivity index (χ0v) is 11.2. The molecule has 0 radical (unpaired) electrons. The van der Waals surface area contributed by atoms with Gasteiger partial charge in [0, 0.05) is 20.1 Å². The number of hydrogen-bond acceptors (Lipinski definition) is 4. The van der Waals surface area contributed by atoms with Crippen molar-refractivity contribution in [2.75, 3.05) is 13.6 Å². The lowest BCUT2D eigenvalue weighted by Gasteiger charge is -2.22. The van der Waals surface area contributed by atoms with Gasteiger partial charge in [-0.2, -0.15) is 0 Å². The first-order valence-corrected chi connectivity index (χ1v) is 6.18. The molecule has 0 bridgehead atoms. The van der Waals surface area contributed by atoms with Crippen LogP contribution in [0.1, 0.15) is 18.9 Å². The van der Waals surface area contributed by atoms with Crippen LogP contribution in [0, 0.1) is 5.41 Å². The minimum atomic E-state index is -0.421. The summed E-state index contributed by atoms with van der Waals surface area (Å²) in [6.07, 6.45) is 1.63. The zero-order chi connectivity index (χ0) is 12.2. The molecular weight excluding hydrogens is 246 g/mol. The maximum absolute atomic E-state index is 11.5. The molecule has 4 nitrogen and oxygen atoms in total. The van der Waals surface area contributed by atoms with Gasteiger partial charge in [0.25, 0.3) is 0 Å². The average Bonchev–Trinajstić information content (AvgIpc) is 2.62. The molecule has 0 aliphatic carbocycles. The minimum Gasteiger partial charge on any atom is -0.359 e. The summed E-state index contributed by atoms with van der Waals surface area (Å²) in [5, 5.41) is 6.77. The first kappa shape index (κ1) is 13.4. The number of nitrogens with zero attached hydrogens (tertiary/aromatic N) is 1. The van der Waals surface area contributed by atoms with E-state index < -0.39 is 5.41 Å². The maximum Gasteiger partial charge on any atom is 0.226 e. The van der Waals surface area contributed by atoms with Crippen LogP contribution in [0.15, 0.2) is 6.20 Å². The standard InChI is InChI=1S/C10H16ClN3OS/c1-10(2,9(15)12-3)6-13-5-8-14-4-7(11)16-8/h4,13H,5-6H2,1-3H3,(H,12,15). The molecule has 1 amide bonds. The summed E-state index contributed by atoms with van der Waals surface area (Å²) in [7, 11) is 1.64. The Kier molecular flexibility index (Phi) is 4.70. The van der Waals surface area contributed by atoms with E-state index in [0.29, 0.717) is 17.4 Å². The van der Waals surface area contributed by atoms with Crippen LogP contribution in [0.3, 0.4) is 0 Å². The van der Waals surface area contributed by atoms with Crippen molar-refractivity contribution in [3.05, 3.63) is 15.5 Å². The van der Waals surface area contributed by atoms with Crippen molar-refractivity contribution >= 4 is 28.8 Å². The molecule has 1 aromatic rings. The zero-order valence-electron chi connectivity index (χ0n) is 9.63. The topological polar surface area (TPSA) is 54.0 Å². The number of carbonyl (C=O) groups excluding carboxylic acids is 1. The average molecular weight is 262 g/mol. The Morgan fingerprint density at radius 2 is 2.31 bits per heavy atom. The van der Waals surface area contributed by atoms with Crippen LogP contribution in [-0.4, -0.2) is 24.5 Å². The van der Waals surface area contributed by atoms with Crippen molar-refractivity contribution in [1.29, 1.82) is 0 Å². The lowest BCUT2D eigenvalue weighted by Crippen LogP contribution is -2.41. The molecule has 0 aliphatic rings. The second-order valence-electron chi connectivity index (χ2n) is 4.12. The Hall–Kier alpha value is -0.650. The minimum absolute atomic E-state index is 0.0252. The molecule has 6 heteroatoms. The molecule has 1 heterocycles. The molecule has 0 atom stereocenters. The molecule has 2 N–H and O–H groups in total. The summed E-state index contributed by atoms with van der Waals surface area (Å²) < 4.78 is 0.683. The van der Waals surface area contributed by atoms with Crippen molar-refractivity contribution in [3.8, 4) is 0 Å². The lowest BCUT2D eigenvalue weighted by molar-refractivity contribution is -0.128. The molecule has 1 aromatic heterocycles. The van der Waals surface area contributed by atoms with Gasteiger partial charge in [-0.3, -0.25) is 4.79 Å². The number of thiazole rings is 1. The second kappa shape index (κ2) is 5.61. The highest BCUT2D eigenvalue weighted by Crippen LogP contribution is 2.18. The Morgan fingerprint density at radius 3 is 2.81 bits per heavy atom. The Bertz CT molecular complexity index is 365. The first-order valence-electron chi connectivity index (χ1n) is 4.99. The fourth-order valence-electron chi connectivity index (χ4n) is 1.27. The predicted octanol–water partition coefficient (Wildman–Crippen LogP) is 1.66. The SMILES string of the molecule is CNC(=O)C(C)(C)CNCc1ncc(Cl)s1. The molecule has 0 aliphatic heterocycles. The van der Waals surface area contributed by atoms with E-state index in [0.717, 1.165) is 5.01 Å². The fourth-order valence-corrected chi connectivity index (χ4v) is 2.20. The summed E-state index contributed by atoms with van der Waals surface area (Å²) in [6.45, 7) is 5.03. The van der Waals surface area contributed by atoms with Crippen LogP contribution >= 0.6 is 22.9 Å². The highest BCUT2D eigenvalue weighted by Gasteiger charge is 2.25. The van der Waals surface area contributed by atoms with E-state index in [1.165, 1.54) is 11.3 Å². The normalized spacial score (nSPS) is 11.5. The van der Waals surface area contributed by atoms with Gasteiger partial charge in [-0.05, 0) is 13.8 Å². The summed E-state index contributed by atoms with van der Waals surface area (Å²) in [4.78, 5) is 15.6. The van der Waals surface area contributed by atoms with Crippen LogP contribution in [0.4, 0.5) is 0 Å². The third kappa shape index (κ3) is 3.73. The van der Waals surface area contributed by atoms with Gasteiger partial charge >= 0.3 is 0 Å². The molecule has 0 saturated carbocycles. The van der Waals surface area contributed by atoms with E-state index in [1.807, 2.05) is 13.8 Å². The largest absolute Gasteiger partial charge is 0.359 e. The Morgan fingerprint density at radius 1 is 1.62 bits per heavy atom. The molecule has 0 spiro atoms. The molecule has 90 valence electrons. The van der Waals surface area contributed by atoms with E-state index in [9.17, 15) is 4.79 Å². The van der Waals surface area contributed by atoms with Crippen molar-refractivity contribution in [3.63, 3.8) is 0 Å².